The van der Waals surface area contributed by atoms with E-state index in [0.29, 0.717) is 13.1 Å². The SMILES string of the molecule is Cc1cccc(C[NH+]2CCN(C(=O)CN(C)S(=O)(=O)c3cccs3)CC2)c1. The fourth-order valence-electron chi connectivity index (χ4n) is 3.30. The number of piperazine rings is 1. The molecule has 1 aromatic heterocycles. The normalized spacial score (nSPS) is 16.0. The fraction of sp³-hybridized carbons (Fsp3) is 0.421. The van der Waals surface area contributed by atoms with E-state index in [1.807, 2.05) is 0 Å². The van der Waals surface area contributed by atoms with Gasteiger partial charge in [0.05, 0.1) is 32.7 Å². The Morgan fingerprint density at radius 2 is 1.96 bits per heavy atom. The van der Waals surface area contributed by atoms with E-state index in [2.05, 4.69) is 31.2 Å². The Morgan fingerprint density at radius 1 is 1.22 bits per heavy atom. The van der Waals surface area contributed by atoms with Crippen molar-refractivity contribution in [1.82, 2.24) is 9.21 Å². The number of carbonyl (C=O) groups is 1. The summed E-state index contributed by atoms with van der Waals surface area (Å²) in [7, 11) is -2.12. The van der Waals surface area contributed by atoms with Crippen LogP contribution in [0.1, 0.15) is 11.1 Å². The minimum atomic E-state index is -3.59. The molecular formula is C19H26N3O3S2+. The Morgan fingerprint density at radius 3 is 2.59 bits per heavy atom. The van der Waals surface area contributed by atoms with Gasteiger partial charge in [-0.3, -0.25) is 4.79 Å². The monoisotopic (exact) mass is 408 g/mol. The smallest absolute Gasteiger partial charge is 0.252 e. The van der Waals surface area contributed by atoms with Crippen molar-refractivity contribution in [2.45, 2.75) is 17.7 Å². The van der Waals surface area contributed by atoms with E-state index in [1.54, 1.807) is 22.4 Å². The molecule has 0 unspecified atom stereocenters. The fourth-order valence-corrected chi connectivity index (χ4v) is 5.62. The van der Waals surface area contributed by atoms with Gasteiger partial charge in [-0.15, -0.1) is 11.3 Å². The number of nitrogens with one attached hydrogen (secondary N) is 1. The topological polar surface area (TPSA) is 62.1 Å². The second-order valence-electron chi connectivity index (χ2n) is 6.99. The summed E-state index contributed by atoms with van der Waals surface area (Å²) in [4.78, 5) is 15.8. The van der Waals surface area contributed by atoms with E-state index < -0.39 is 10.0 Å². The molecule has 1 fully saturated rings. The largest absolute Gasteiger partial charge is 0.330 e. The lowest BCUT2D eigenvalue weighted by Gasteiger charge is -2.33. The van der Waals surface area contributed by atoms with Crippen LogP contribution in [0.5, 0.6) is 0 Å². The van der Waals surface area contributed by atoms with Crippen LogP contribution in [0.25, 0.3) is 0 Å². The van der Waals surface area contributed by atoms with Gasteiger partial charge in [-0.2, -0.15) is 4.31 Å². The molecule has 6 nitrogen and oxygen atoms in total. The van der Waals surface area contributed by atoms with E-state index in [9.17, 15) is 13.2 Å². The van der Waals surface area contributed by atoms with Crippen LogP contribution in [-0.2, 0) is 21.4 Å². The average molecular weight is 409 g/mol. The van der Waals surface area contributed by atoms with Gasteiger partial charge in [-0.05, 0) is 18.4 Å². The number of benzene rings is 1. The predicted molar refractivity (Wildman–Crippen MR) is 106 cm³/mol. The third-order valence-electron chi connectivity index (χ3n) is 4.88. The van der Waals surface area contributed by atoms with Gasteiger partial charge in [0.25, 0.3) is 10.0 Å². The van der Waals surface area contributed by atoms with Crippen LogP contribution < -0.4 is 4.90 Å². The van der Waals surface area contributed by atoms with Gasteiger partial charge in [-0.25, -0.2) is 8.42 Å². The van der Waals surface area contributed by atoms with E-state index in [-0.39, 0.29) is 16.7 Å². The number of aryl methyl sites for hydroxylation is 1. The highest BCUT2D eigenvalue weighted by Gasteiger charge is 2.28. The van der Waals surface area contributed by atoms with Gasteiger partial charge in [0.2, 0.25) is 5.91 Å². The zero-order valence-electron chi connectivity index (χ0n) is 15.7. The van der Waals surface area contributed by atoms with Crippen LogP contribution in [-0.4, -0.2) is 63.3 Å². The summed E-state index contributed by atoms with van der Waals surface area (Å²) in [5.74, 6) is -0.132. The summed E-state index contributed by atoms with van der Waals surface area (Å²) in [5.41, 5.74) is 2.57. The van der Waals surface area contributed by atoms with Crippen LogP contribution in [0.15, 0.2) is 46.0 Å². The number of quaternary nitrogens is 1. The van der Waals surface area contributed by atoms with Crippen molar-refractivity contribution in [3.63, 3.8) is 0 Å². The Hall–Kier alpha value is -1.74. The number of amides is 1. The summed E-state index contributed by atoms with van der Waals surface area (Å²) >= 11 is 1.17. The van der Waals surface area contributed by atoms with E-state index in [1.165, 1.54) is 34.4 Å². The molecular weight excluding hydrogens is 382 g/mol. The van der Waals surface area contributed by atoms with Crippen molar-refractivity contribution in [1.29, 1.82) is 0 Å². The summed E-state index contributed by atoms with van der Waals surface area (Å²) < 4.78 is 26.3. The van der Waals surface area contributed by atoms with Crippen molar-refractivity contribution < 1.29 is 18.1 Å². The van der Waals surface area contributed by atoms with Gasteiger partial charge >= 0.3 is 0 Å². The van der Waals surface area contributed by atoms with Gasteiger partial charge < -0.3 is 9.80 Å². The summed E-state index contributed by atoms with van der Waals surface area (Å²) in [5, 5.41) is 1.72. The van der Waals surface area contributed by atoms with Crippen molar-refractivity contribution in [3.8, 4) is 0 Å². The average Bonchev–Trinajstić information content (AvgIpc) is 3.18. The maximum atomic E-state index is 12.5. The van der Waals surface area contributed by atoms with Gasteiger partial charge in [0.1, 0.15) is 10.8 Å². The Bertz CT molecular complexity index is 873. The molecule has 27 heavy (non-hydrogen) atoms. The second-order valence-corrected chi connectivity index (χ2v) is 10.2. The first-order chi connectivity index (χ1) is 12.9. The highest BCUT2D eigenvalue weighted by molar-refractivity contribution is 7.91. The highest BCUT2D eigenvalue weighted by Crippen LogP contribution is 2.19. The zero-order chi connectivity index (χ0) is 19.4. The number of likely N-dealkylation sites (N-methyl/N-ethyl adjacent to an activating group) is 1. The Labute approximate surface area is 165 Å². The van der Waals surface area contributed by atoms with Crippen LogP contribution in [0.2, 0.25) is 0 Å². The third-order valence-corrected chi connectivity index (χ3v) is 8.05. The first kappa shape index (κ1) is 20.0. The molecule has 0 saturated carbocycles. The maximum Gasteiger partial charge on any atom is 0.252 e. The lowest BCUT2D eigenvalue weighted by atomic mass is 10.1. The first-order valence-corrected chi connectivity index (χ1v) is 11.3. The third kappa shape index (κ3) is 4.95. The van der Waals surface area contributed by atoms with Crippen molar-refractivity contribution >= 4 is 27.3 Å². The number of rotatable bonds is 6. The zero-order valence-corrected chi connectivity index (χ0v) is 17.4. The van der Waals surface area contributed by atoms with E-state index in [0.717, 1.165) is 23.9 Å². The van der Waals surface area contributed by atoms with E-state index >= 15 is 0 Å². The number of hydrogen-bond acceptors (Lipinski definition) is 4. The molecule has 1 saturated heterocycles. The van der Waals surface area contributed by atoms with Crippen molar-refractivity contribution in [2.24, 2.45) is 0 Å². The number of sulfonamides is 1. The van der Waals surface area contributed by atoms with Crippen molar-refractivity contribution in [2.75, 3.05) is 39.8 Å². The Kier molecular flexibility index (Phi) is 6.31. The number of carbonyl (C=O) groups excluding carboxylic acids is 1. The molecule has 0 bridgehead atoms. The molecule has 8 heteroatoms. The van der Waals surface area contributed by atoms with Gasteiger partial charge in [0, 0.05) is 12.6 Å². The molecule has 2 heterocycles. The molecule has 0 aliphatic carbocycles. The predicted octanol–water partition coefficient (Wildman–Crippen LogP) is 0.604. The van der Waals surface area contributed by atoms with Gasteiger partial charge in [0.15, 0.2) is 0 Å². The lowest BCUT2D eigenvalue weighted by Crippen LogP contribution is -3.13. The van der Waals surface area contributed by atoms with Crippen molar-refractivity contribution in [3.05, 3.63) is 52.9 Å². The number of hydrogen-bond donors (Lipinski definition) is 1. The van der Waals surface area contributed by atoms with E-state index in [4.69, 9.17) is 0 Å². The van der Waals surface area contributed by atoms with Gasteiger partial charge in [-0.1, -0.05) is 35.9 Å². The van der Waals surface area contributed by atoms with Crippen LogP contribution in [0, 0.1) is 6.92 Å². The molecule has 1 aliphatic rings. The molecule has 0 atom stereocenters. The standard InChI is InChI=1S/C19H25N3O3S2/c1-16-5-3-6-17(13-16)14-21-8-10-22(11-9-21)18(23)15-20(2)27(24,25)19-7-4-12-26-19/h3-7,12-13H,8-11,14-15H2,1-2H3/p+1. The Balaban J connectivity index is 1.51. The molecule has 0 radical (unpaired) electrons. The number of thiophene rings is 1. The molecule has 2 aromatic rings. The molecule has 1 amide bonds. The van der Waals surface area contributed by atoms with Crippen LogP contribution in [0.4, 0.5) is 0 Å². The molecule has 1 N–H and O–H groups in total. The quantitative estimate of drug-likeness (QED) is 0.762. The summed E-state index contributed by atoms with van der Waals surface area (Å²) in [6, 6.07) is 11.8. The maximum absolute atomic E-state index is 12.5. The molecule has 3 rings (SSSR count). The minimum absolute atomic E-state index is 0.118. The highest BCUT2D eigenvalue weighted by atomic mass is 32.2. The molecule has 146 valence electrons. The summed E-state index contributed by atoms with van der Waals surface area (Å²) in [6.45, 7) is 6.00. The molecule has 1 aliphatic heterocycles. The van der Waals surface area contributed by atoms with Crippen LogP contribution >= 0.6 is 11.3 Å². The van der Waals surface area contributed by atoms with Crippen LogP contribution in [0.3, 0.4) is 0 Å². The second kappa shape index (κ2) is 8.52. The summed E-state index contributed by atoms with van der Waals surface area (Å²) in [6.07, 6.45) is 0. The minimum Gasteiger partial charge on any atom is -0.330 e. The lowest BCUT2D eigenvalue weighted by molar-refractivity contribution is -0.917. The molecule has 0 spiro atoms. The first-order valence-electron chi connectivity index (χ1n) is 9.03. The molecule has 1 aromatic carbocycles. The number of nitrogens with zero attached hydrogens (tertiary/aromatic N) is 2.